The van der Waals surface area contributed by atoms with E-state index in [0.717, 1.165) is 6.07 Å². The van der Waals surface area contributed by atoms with Crippen molar-refractivity contribution < 1.29 is 74.2 Å². The van der Waals surface area contributed by atoms with E-state index in [4.69, 9.17) is 18.6 Å². The van der Waals surface area contributed by atoms with E-state index in [2.05, 4.69) is 0 Å². The van der Waals surface area contributed by atoms with Crippen LogP contribution in [0.2, 0.25) is 0 Å². The number of hydrogen-bond donors (Lipinski definition) is 9. The minimum Gasteiger partial charge on any atom is -0.508 e. The number of carboxylic acids is 1. The highest BCUT2D eigenvalue weighted by molar-refractivity contribution is 5.88. The average Bonchev–Trinajstić information content (AvgIpc) is 3.46. The highest BCUT2D eigenvalue weighted by Crippen LogP contribution is 2.53. The van der Waals surface area contributed by atoms with Gasteiger partial charge in [0.05, 0.1) is 17.6 Å². The van der Waals surface area contributed by atoms with Gasteiger partial charge in [0.25, 0.3) is 0 Å². The summed E-state index contributed by atoms with van der Waals surface area (Å²) >= 11 is 0. The van der Waals surface area contributed by atoms with E-state index in [1.807, 2.05) is 13.8 Å². The molecule has 2 fully saturated rings. The molecule has 0 amide bonds. The number of benzene rings is 3. The van der Waals surface area contributed by atoms with Crippen LogP contribution in [-0.2, 0) is 30.2 Å². The van der Waals surface area contributed by atoms with Crippen molar-refractivity contribution in [3.63, 3.8) is 0 Å². The predicted molar refractivity (Wildman–Crippen MR) is 187 cm³/mol. The van der Waals surface area contributed by atoms with Gasteiger partial charge in [-0.2, -0.15) is 0 Å². The molecule has 15 nitrogen and oxygen atoms in total. The summed E-state index contributed by atoms with van der Waals surface area (Å²) in [7, 11) is 0. The lowest BCUT2D eigenvalue weighted by atomic mass is 9.67. The second-order valence-corrected chi connectivity index (χ2v) is 14.7. The van der Waals surface area contributed by atoms with Gasteiger partial charge in [0.15, 0.2) is 6.10 Å². The molecule has 3 heterocycles. The molecule has 9 unspecified atom stereocenters. The van der Waals surface area contributed by atoms with Crippen LogP contribution in [0, 0.1) is 5.92 Å². The van der Waals surface area contributed by atoms with Crippen LogP contribution in [0.1, 0.15) is 55.7 Å². The van der Waals surface area contributed by atoms with E-state index in [1.54, 1.807) is 31.2 Å². The van der Waals surface area contributed by atoms with Gasteiger partial charge in [-0.05, 0) is 69.2 Å². The van der Waals surface area contributed by atoms with E-state index in [9.17, 15) is 55.5 Å². The molecule has 286 valence electrons. The zero-order valence-corrected chi connectivity index (χ0v) is 29.3. The molecule has 3 aromatic carbocycles. The molecule has 2 saturated heterocycles. The van der Waals surface area contributed by atoms with Crippen molar-refractivity contribution >= 4 is 22.9 Å². The molecule has 0 spiro atoms. The van der Waals surface area contributed by atoms with Gasteiger partial charge in [-0.25, -0.2) is 4.79 Å². The molecule has 7 rings (SSSR count). The summed E-state index contributed by atoms with van der Waals surface area (Å²) in [6.45, 7) is 5.62. The SMILES string of the molecule is CC1=CC(c2c(O)cc(-c3cc4ccc(O)c(CC5OC5(C)C)c4o3)cc2O)C(C(=O)OC2OC(C(=O)O)C(O)C(O)C2O)C(c2ccc(O)cc2O)C1. The van der Waals surface area contributed by atoms with Gasteiger partial charge in [-0.1, -0.05) is 17.7 Å². The Morgan fingerprint density at radius 3 is 2.19 bits per heavy atom. The van der Waals surface area contributed by atoms with Gasteiger partial charge in [0.2, 0.25) is 6.29 Å². The predicted octanol–water partition coefficient (Wildman–Crippen LogP) is 3.62. The number of rotatable bonds is 8. The molecule has 54 heavy (non-hydrogen) atoms. The number of allylic oxidation sites excluding steroid dienone is 2. The largest absolute Gasteiger partial charge is 0.508 e. The fourth-order valence-electron chi connectivity index (χ4n) is 7.67. The second-order valence-electron chi connectivity index (χ2n) is 14.7. The summed E-state index contributed by atoms with van der Waals surface area (Å²) in [6.07, 6.45) is -8.27. The molecule has 1 aromatic heterocycles. The Balaban J connectivity index is 1.28. The Labute approximate surface area is 307 Å². The lowest BCUT2D eigenvalue weighted by Gasteiger charge is -2.40. The molecule has 0 saturated carbocycles. The summed E-state index contributed by atoms with van der Waals surface area (Å²) in [5.41, 5.74) is 1.60. The number of epoxide rings is 1. The Hall–Kier alpha value is -5.32. The number of esters is 1. The van der Waals surface area contributed by atoms with Gasteiger partial charge in [-0.15, -0.1) is 0 Å². The molecule has 9 atom stereocenters. The minimum atomic E-state index is -2.06. The van der Waals surface area contributed by atoms with E-state index in [1.165, 1.54) is 24.3 Å². The molecule has 2 aliphatic heterocycles. The standard InChI is InChI=1S/C39H40O15/c1-15-8-20(19-6-5-18(40)13-24(19)42)29(37(50)53-38-33(47)31(45)32(46)35(52-38)36(48)49)22(9-15)30-25(43)10-17(11-26(30)44)27-12-16-4-7-23(41)21(34(16)51-27)14-28-39(2,3)54-28/h4-7,9-13,20,22,28-29,31-33,35,38,40-47H,8,14H2,1-3H3,(H,48,49). The average molecular weight is 749 g/mol. The molecule has 0 radical (unpaired) electrons. The van der Waals surface area contributed by atoms with Crippen LogP contribution in [0.25, 0.3) is 22.3 Å². The maximum absolute atomic E-state index is 14.2. The monoisotopic (exact) mass is 748 g/mol. The summed E-state index contributed by atoms with van der Waals surface area (Å²) in [6, 6.07) is 11.3. The van der Waals surface area contributed by atoms with Crippen molar-refractivity contribution in [2.24, 2.45) is 5.92 Å². The number of carboxylic acid groups (broad SMARTS) is 1. The number of carbonyl (C=O) groups excluding carboxylic acids is 1. The molecule has 4 aromatic rings. The van der Waals surface area contributed by atoms with Crippen LogP contribution in [0.3, 0.4) is 0 Å². The number of fused-ring (bicyclic) bond motifs is 1. The lowest BCUT2D eigenvalue weighted by molar-refractivity contribution is -0.287. The fourth-order valence-corrected chi connectivity index (χ4v) is 7.67. The first-order chi connectivity index (χ1) is 25.4. The number of ether oxygens (including phenoxy) is 3. The molecular formula is C39H40O15. The summed E-state index contributed by atoms with van der Waals surface area (Å²) in [4.78, 5) is 26.0. The Morgan fingerprint density at radius 2 is 1.56 bits per heavy atom. The number of hydrogen-bond acceptors (Lipinski definition) is 14. The van der Waals surface area contributed by atoms with Crippen LogP contribution in [0.4, 0.5) is 0 Å². The summed E-state index contributed by atoms with van der Waals surface area (Å²) in [5.74, 6) is -7.61. The maximum atomic E-state index is 14.2. The third kappa shape index (κ3) is 6.58. The Kier molecular flexibility index (Phi) is 9.26. The molecule has 0 bridgehead atoms. The van der Waals surface area contributed by atoms with E-state index in [-0.39, 0.29) is 57.8 Å². The van der Waals surface area contributed by atoms with Gasteiger partial charge in [0, 0.05) is 46.4 Å². The number of aliphatic carboxylic acids is 1. The smallest absolute Gasteiger partial charge is 0.335 e. The van der Waals surface area contributed by atoms with Crippen molar-refractivity contribution in [3.8, 4) is 40.1 Å². The number of furan rings is 1. The fraction of sp³-hybridized carbons (Fsp3) is 0.385. The maximum Gasteiger partial charge on any atom is 0.335 e. The second kappa shape index (κ2) is 13.5. The zero-order chi connectivity index (χ0) is 39.0. The highest BCUT2D eigenvalue weighted by Gasteiger charge is 2.51. The van der Waals surface area contributed by atoms with Gasteiger partial charge in [-0.3, -0.25) is 4.79 Å². The van der Waals surface area contributed by atoms with Gasteiger partial charge >= 0.3 is 11.9 Å². The number of aliphatic hydroxyl groups is 3. The molecule has 9 N–H and O–H groups in total. The van der Waals surface area contributed by atoms with Crippen LogP contribution < -0.4 is 0 Å². The first-order valence-corrected chi connectivity index (χ1v) is 17.3. The number of phenols is 5. The molecular weight excluding hydrogens is 708 g/mol. The van der Waals surface area contributed by atoms with Crippen molar-refractivity contribution in [1.29, 1.82) is 0 Å². The third-order valence-corrected chi connectivity index (χ3v) is 10.6. The first kappa shape index (κ1) is 37.0. The number of carbonyl (C=O) groups is 2. The zero-order valence-electron chi connectivity index (χ0n) is 29.3. The number of aliphatic hydroxyl groups excluding tert-OH is 3. The first-order valence-electron chi connectivity index (χ1n) is 17.3. The number of phenolic OH excluding ortho intramolecular Hbond substituents is 5. The number of aromatic hydroxyl groups is 5. The highest BCUT2D eigenvalue weighted by atomic mass is 16.7. The van der Waals surface area contributed by atoms with E-state index >= 15 is 0 Å². The van der Waals surface area contributed by atoms with Crippen LogP contribution >= 0.6 is 0 Å². The van der Waals surface area contributed by atoms with Crippen molar-refractivity contribution in [1.82, 2.24) is 0 Å². The molecule has 3 aliphatic rings. The Morgan fingerprint density at radius 1 is 0.870 bits per heavy atom. The van der Waals surface area contributed by atoms with Crippen molar-refractivity contribution in [3.05, 3.63) is 76.9 Å². The topological polar surface area (TPSA) is 260 Å². The quantitative estimate of drug-likeness (QED) is 0.0708. The van der Waals surface area contributed by atoms with Crippen molar-refractivity contribution in [2.75, 3.05) is 0 Å². The van der Waals surface area contributed by atoms with Gasteiger partial charge in [0.1, 0.15) is 58.4 Å². The molecule has 1 aliphatic carbocycles. The van der Waals surface area contributed by atoms with Gasteiger partial charge < -0.3 is 64.6 Å². The van der Waals surface area contributed by atoms with Crippen LogP contribution in [0.5, 0.6) is 28.7 Å². The summed E-state index contributed by atoms with van der Waals surface area (Å²) in [5, 5.41) is 96.0. The van der Waals surface area contributed by atoms with E-state index in [0.29, 0.717) is 28.5 Å². The van der Waals surface area contributed by atoms with E-state index < -0.39 is 71.9 Å². The van der Waals surface area contributed by atoms with Crippen molar-refractivity contribution in [2.45, 2.75) is 87.9 Å². The normalized spacial score (nSPS) is 29.1. The minimum absolute atomic E-state index is 0.0256. The molecule has 15 heteroatoms. The van der Waals surface area contributed by atoms with Crippen LogP contribution in [-0.4, -0.2) is 100 Å². The summed E-state index contributed by atoms with van der Waals surface area (Å²) < 4.78 is 22.6. The lowest BCUT2D eigenvalue weighted by Crippen LogP contribution is -2.61. The third-order valence-electron chi connectivity index (χ3n) is 10.6. The Bertz CT molecular complexity index is 2150. The van der Waals surface area contributed by atoms with Crippen LogP contribution in [0.15, 0.2) is 64.6 Å².